The average molecular weight is 336 g/mol. The van der Waals surface area contributed by atoms with Gasteiger partial charge in [-0.3, -0.25) is 14.9 Å². The number of nitro groups is 1. The molecule has 132 valence electrons. The summed E-state index contributed by atoms with van der Waals surface area (Å²) < 4.78 is 5.71. The van der Waals surface area contributed by atoms with Crippen molar-refractivity contribution in [3.63, 3.8) is 0 Å². The lowest BCUT2D eigenvalue weighted by atomic mass is 10.1. The van der Waals surface area contributed by atoms with E-state index >= 15 is 0 Å². The van der Waals surface area contributed by atoms with E-state index in [2.05, 4.69) is 5.32 Å². The Morgan fingerprint density at radius 1 is 1.38 bits per heavy atom. The van der Waals surface area contributed by atoms with E-state index in [1.54, 1.807) is 23.1 Å². The summed E-state index contributed by atoms with van der Waals surface area (Å²) in [5.41, 5.74) is 5.76. The van der Waals surface area contributed by atoms with E-state index in [0.29, 0.717) is 31.9 Å². The van der Waals surface area contributed by atoms with Gasteiger partial charge in [0, 0.05) is 25.8 Å². The van der Waals surface area contributed by atoms with Crippen LogP contribution in [-0.2, 0) is 9.53 Å². The van der Waals surface area contributed by atoms with E-state index in [4.69, 9.17) is 10.5 Å². The van der Waals surface area contributed by atoms with E-state index in [1.807, 2.05) is 0 Å². The van der Waals surface area contributed by atoms with Crippen LogP contribution >= 0.6 is 0 Å². The molecule has 1 aromatic carbocycles. The first-order valence-electron chi connectivity index (χ1n) is 8.18. The number of nitro benzene ring substituents is 1. The number of likely N-dealkylation sites (tertiary alicyclic amines) is 1. The van der Waals surface area contributed by atoms with Crippen molar-refractivity contribution in [3.05, 3.63) is 34.4 Å². The number of anilines is 1. The summed E-state index contributed by atoms with van der Waals surface area (Å²) in [5.74, 6) is -0.0615. The van der Waals surface area contributed by atoms with Crippen molar-refractivity contribution in [1.82, 2.24) is 4.90 Å². The molecule has 1 saturated heterocycles. The summed E-state index contributed by atoms with van der Waals surface area (Å²) in [6.45, 7) is 2.61. The molecule has 0 spiro atoms. The van der Waals surface area contributed by atoms with Crippen LogP contribution in [0.5, 0.6) is 0 Å². The highest BCUT2D eigenvalue weighted by atomic mass is 16.6. The Hall–Kier alpha value is -2.19. The molecule has 8 nitrogen and oxygen atoms in total. The molecular formula is C16H24N4O4. The number of rotatable bonds is 8. The van der Waals surface area contributed by atoms with Gasteiger partial charge in [0.2, 0.25) is 5.91 Å². The van der Waals surface area contributed by atoms with E-state index < -0.39 is 4.92 Å². The first-order chi connectivity index (χ1) is 11.6. The van der Waals surface area contributed by atoms with Crippen molar-refractivity contribution in [2.24, 2.45) is 5.73 Å². The summed E-state index contributed by atoms with van der Waals surface area (Å²) >= 11 is 0. The number of nitrogens with one attached hydrogen (secondary N) is 1. The van der Waals surface area contributed by atoms with Gasteiger partial charge in [0.05, 0.1) is 17.6 Å². The Bertz CT molecular complexity index is 559. The average Bonchev–Trinajstić information content (AvgIpc) is 2.60. The van der Waals surface area contributed by atoms with Crippen molar-refractivity contribution in [2.45, 2.75) is 25.4 Å². The number of carbonyl (C=O) groups excluding carboxylic acids is 1. The maximum Gasteiger partial charge on any atom is 0.292 e. The van der Waals surface area contributed by atoms with Crippen molar-refractivity contribution in [2.75, 3.05) is 38.1 Å². The fraction of sp³-hybridized carbons (Fsp3) is 0.562. The second-order valence-electron chi connectivity index (χ2n) is 5.72. The van der Waals surface area contributed by atoms with E-state index in [-0.39, 0.29) is 24.2 Å². The lowest BCUT2D eigenvalue weighted by Gasteiger charge is -2.32. The number of amides is 1. The second-order valence-corrected chi connectivity index (χ2v) is 5.72. The molecule has 1 aliphatic heterocycles. The van der Waals surface area contributed by atoms with Crippen LogP contribution in [0.25, 0.3) is 0 Å². The van der Waals surface area contributed by atoms with Crippen LogP contribution in [0, 0.1) is 10.1 Å². The fourth-order valence-electron chi connectivity index (χ4n) is 2.67. The maximum atomic E-state index is 12.3. The minimum absolute atomic E-state index is 0.0303. The zero-order chi connectivity index (χ0) is 17.4. The molecule has 0 radical (unpaired) electrons. The molecule has 1 amide bonds. The van der Waals surface area contributed by atoms with Crippen LogP contribution in [0.2, 0.25) is 0 Å². The number of carbonyl (C=O) groups is 1. The van der Waals surface area contributed by atoms with Crippen molar-refractivity contribution >= 4 is 17.3 Å². The minimum Gasteiger partial charge on any atom is -0.378 e. The van der Waals surface area contributed by atoms with Gasteiger partial charge in [0.1, 0.15) is 5.69 Å². The van der Waals surface area contributed by atoms with Gasteiger partial charge in [-0.2, -0.15) is 0 Å². The topological polar surface area (TPSA) is 111 Å². The third-order valence-corrected chi connectivity index (χ3v) is 4.03. The molecule has 1 aromatic rings. The highest BCUT2D eigenvalue weighted by Crippen LogP contribution is 2.23. The maximum absolute atomic E-state index is 12.3. The number of hydrogen-bond donors (Lipinski definition) is 2. The van der Waals surface area contributed by atoms with Crippen LogP contribution < -0.4 is 11.1 Å². The zero-order valence-electron chi connectivity index (χ0n) is 13.6. The molecule has 0 unspecified atom stereocenters. The van der Waals surface area contributed by atoms with Gasteiger partial charge < -0.3 is 20.7 Å². The molecule has 1 heterocycles. The van der Waals surface area contributed by atoms with Gasteiger partial charge in [-0.1, -0.05) is 12.1 Å². The molecule has 8 heteroatoms. The van der Waals surface area contributed by atoms with Crippen molar-refractivity contribution < 1.29 is 14.5 Å². The molecule has 2 rings (SSSR count). The van der Waals surface area contributed by atoms with Crippen molar-refractivity contribution in [3.8, 4) is 0 Å². The lowest BCUT2D eigenvalue weighted by Crippen LogP contribution is -2.43. The van der Waals surface area contributed by atoms with E-state index in [0.717, 1.165) is 19.3 Å². The van der Waals surface area contributed by atoms with Gasteiger partial charge in [0.25, 0.3) is 5.69 Å². The zero-order valence-corrected chi connectivity index (χ0v) is 13.6. The molecular weight excluding hydrogens is 312 g/mol. The third-order valence-electron chi connectivity index (χ3n) is 4.03. The summed E-state index contributed by atoms with van der Waals surface area (Å²) in [7, 11) is 0. The lowest BCUT2D eigenvalue weighted by molar-refractivity contribution is -0.383. The number of hydrogen-bond acceptors (Lipinski definition) is 6. The van der Waals surface area contributed by atoms with Gasteiger partial charge in [-0.25, -0.2) is 0 Å². The Balaban J connectivity index is 1.77. The number of nitrogens with zero attached hydrogens (tertiary/aromatic N) is 2. The number of piperidine rings is 1. The Labute approximate surface area is 141 Å². The second kappa shape index (κ2) is 9.19. The number of ether oxygens (including phenoxy) is 1. The number of para-hydroxylation sites is 2. The number of benzene rings is 1. The molecule has 0 bridgehead atoms. The normalized spacial score (nSPS) is 15.3. The molecule has 24 heavy (non-hydrogen) atoms. The predicted octanol–water partition coefficient (Wildman–Crippen LogP) is 1.36. The largest absolute Gasteiger partial charge is 0.378 e. The smallest absolute Gasteiger partial charge is 0.292 e. The molecule has 1 aliphatic rings. The van der Waals surface area contributed by atoms with Gasteiger partial charge in [-0.05, 0) is 31.9 Å². The van der Waals surface area contributed by atoms with Crippen LogP contribution in [-0.4, -0.2) is 54.6 Å². The molecule has 0 saturated carbocycles. The standard InChI is InChI=1S/C16H24N4O4/c17-8-3-11-24-13-6-9-19(10-7-13)16(21)12-18-14-4-1-2-5-15(14)20(22)23/h1-2,4-5,13,18H,3,6-12,17H2. The molecule has 3 N–H and O–H groups in total. The molecule has 0 atom stereocenters. The predicted molar refractivity (Wildman–Crippen MR) is 90.8 cm³/mol. The van der Waals surface area contributed by atoms with Crippen LogP contribution in [0.15, 0.2) is 24.3 Å². The van der Waals surface area contributed by atoms with E-state index in [9.17, 15) is 14.9 Å². The van der Waals surface area contributed by atoms with Gasteiger partial charge in [0.15, 0.2) is 0 Å². The van der Waals surface area contributed by atoms with Crippen LogP contribution in [0.3, 0.4) is 0 Å². The quantitative estimate of drug-likeness (QED) is 0.421. The van der Waals surface area contributed by atoms with Crippen molar-refractivity contribution in [1.29, 1.82) is 0 Å². The van der Waals surface area contributed by atoms with Crippen LogP contribution in [0.1, 0.15) is 19.3 Å². The minimum atomic E-state index is -0.461. The summed E-state index contributed by atoms with van der Waals surface area (Å²) in [6.07, 6.45) is 2.64. The SMILES string of the molecule is NCCCOC1CCN(C(=O)CNc2ccccc2[N+](=O)[O-])CC1. The third kappa shape index (κ3) is 5.17. The van der Waals surface area contributed by atoms with Gasteiger partial charge >= 0.3 is 0 Å². The Kier molecular flexibility index (Phi) is 6.95. The summed E-state index contributed by atoms with van der Waals surface area (Å²) in [4.78, 5) is 24.5. The Morgan fingerprint density at radius 3 is 2.75 bits per heavy atom. The molecule has 0 aliphatic carbocycles. The fourth-order valence-corrected chi connectivity index (χ4v) is 2.67. The summed E-state index contributed by atoms with van der Waals surface area (Å²) in [5, 5.41) is 13.8. The van der Waals surface area contributed by atoms with E-state index in [1.165, 1.54) is 6.07 Å². The van der Waals surface area contributed by atoms with Crippen LogP contribution in [0.4, 0.5) is 11.4 Å². The first kappa shape index (κ1) is 18.2. The Morgan fingerprint density at radius 2 is 2.08 bits per heavy atom. The first-order valence-corrected chi connectivity index (χ1v) is 8.18. The number of nitrogens with two attached hydrogens (primary N) is 1. The molecule has 1 fully saturated rings. The van der Waals surface area contributed by atoms with Gasteiger partial charge in [-0.15, -0.1) is 0 Å². The molecule has 0 aromatic heterocycles. The highest BCUT2D eigenvalue weighted by molar-refractivity contribution is 5.81. The highest BCUT2D eigenvalue weighted by Gasteiger charge is 2.23. The monoisotopic (exact) mass is 336 g/mol. The summed E-state index contributed by atoms with van der Waals surface area (Å²) in [6, 6.07) is 6.31.